The van der Waals surface area contributed by atoms with Crippen LogP contribution in [0.15, 0.2) is 60.2 Å². The van der Waals surface area contributed by atoms with Crippen LogP contribution in [0.4, 0.5) is 0 Å². The lowest BCUT2D eigenvalue weighted by atomic mass is 9.93. The summed E-state index contributed by atoms with van der Waals surface area (Å²) >= 11 is 0. The minimum Gasteiger partial charge on any atom is -0.366 e. The molecule has 1 fully saturated rings. The highest BCUT2D eigenvalue weighted by atomic mass is 16.1. The number of benzene rings is 2. The second-order valence-electron chi connectivity index (χ2n) is 6.57. The molecule has 3 aromatic rings. The summed E-state index contributed by atoms with van der Waals surface area (Å²) in [7, 11) is 0. The van der Waals surface area contributed by atoms with Crippen molar-refractivity contribution in [3.63, 3.8) is 0 Å². The molecule has 2 heterocycles. The Morgan fingerprint density at radius 1 is 1.00 bits per heavy atom. The Balaban J connectivity index is 1.89. The van der Waals surface area contributed by atoms with Crippen LogP contribution < -0.4 is 11.1 Å². The SMILES string of the molecule is NC(=O)c1cccc(-c2ccc3ccccc3n2)c1C=C1CCNCC1. The number of nitrogens with one attached hydrogen (secondary N) is 1. The van der Waals surface area contributed by atoms with E-state index in [4.69, 9.17) is 10.7 Å². The third kappa shape index (κ3) is 3.24. The minimum absolute atomic E-state index is 0.409. The lowest BCUT2D eigenvalue weighted by Crippen LogP contribution is -2.23. The molecular formula is C22H21N3O. The fourth-order valence-corrected chi connectivity index (χ4v) is 3.47. The Labute approximate surface area is 152 Å². The minimum atomic E-state index is -0.409. The first kappa shape index (κ1) is 16.5. The molecule has 1 amide bonds. The number of carbonyl (C=O) groups is 1. The zero-order valence-electron chi connectivity index (χ0n) is 14.5. The van der Waals surface area contributed by atoms with E-state index in [-0.39, 0.29) is 0 Å². The molecule has 0 saturated carbocycles. The lowest BCUT2D eigenvalue weighted by molar-refractivity contribution is 0.1000. The van der Waals surface area contributed by atoms with Gasteiger partial charge in [-0.25, -0.2) is 4.98 Å². The number of rotatable bonds is 3. The molecule has 0 unspecified atom stereocenters. The topological polar surface area (TPSA) is 68.0 Å². The number of fused-ring (bicyclic) bond motifs is 1. The molecule has 0 atom stereocenters. The van der Waals surface area contributed by atoms with Gasteiger partial charge in [-0.15, -0.1) is 0 Å². The molecule has 0 radical (unpaired) electrons. The zero-order valence-corrected chi connectivity index (χ0v) is 14.5. The summed E-state index contributed by atoms with van der Waals surface area (Å²) in [6, 6.07) is 17.8. The van der Waals surface area contributed by atoms with Gasteiger partial charge in [0.15, 0.2) is 0 Å². The summed E-state index contributed by atoms with van der Waals surface area (Å²) in [6.07, 6.45) is 4.10. The molecule has 4 heteroatoms. The third-order valence-electron chi connectivity index (χ3n) is 4.84. The van der Waals surface area contributed by atoms with Crippen LogP contribution >= 0.6 is 0 Å². The van der Waals surface area contributed by atoms with E-state index in [9.17, 15) is 4.79 Å². The van der Waals surface area contributed by atoms with E-state index in [0.717, 1.165) is 53.7 Å². The van der Waals surface area contributed by atoms with Gasteiger partial charge in [-0.2, -0.15) is 0 Å². The predicted octanol–water partition coefficient (Wildman–Crippen LogP) is 3.77. The molecule has 0 aliphatic carbocycles. The number of para-hydroxylation sites is 1. The highest BCUT2D eigenvalue weighted by Crippen LogP contribution is 2.30. The van der Waals surface area contributed by atoms with Gasteiger partial charge in [0.25, 0.3) is 0 Å². The summed E-state index contributed by atoms with van der Waals surface area (Å²) in [5.41, 5.74) is 11.1. The van der Waals surface area contributed by atoms with Crippen molar-refractivity contribution >= 4 is 22.9 Å². The van der Waals surface area contributed by atoms with Gasteiger partial charge in [-0.3, -0.25) is 4.79 Å². The van der Waals surface area contributed by atoms with Crippen molar-refractivity contribution in [2.24, 2.45) is 5.73 Å². The summed E-state index contributed by atoms with van der Waals surface area (Å²) < 4.78 is 0. The molecule has 4 rings (SSSR count). The van der Waals surface area contributed by atoms with Gasteiger partial charge in [0, 0.05) is 16.5 Å². The maximum absolute atomic E-state index is 12.0. The molecule has 2 aromatic carbocycles. The standard InChI is InChI=1S/C22H21N3O/c23-22(26)18-6-3-5-17(19(18)14-15-10-12-24-13-11-15)21-9-8-16-4-1-2-7-20(16)25-21/h1-9,14,24H,10-13H2,(H2,23,26). The second-order valence-corrected chi connectivity index (χ2v) is 6.57. The first-order valence-electron chi connectivity index (χ1n) is 8.91. The molecule has 4 nitrogen and oxygen atoms in total. The smallest absolute Gasteiger partial charge is 0.249 e. The van der Waals surface area contributed by atoms with Crippen molar-refractivity contribution in [3.05, 3.63) is 71.3 Å². The van der Waals surface area contributed by atoms with Crippen LogP contribution in [0.25, 0.3) is 28.2 Å². The molecule has 1 saturated heterocycles. The Morgan fingerprint density at radius 2 is 1.81 bits per heavy atom. The van der Waals surface area contributed by atoms with E-state index in [1.165, 1.54) is 5.57 Å². The first-order chi connectivity index (χ1) is 12.7. The quantitative estimate of drug-likeness (QED) is 0.761. The predicted molar refractivity (Wildman–Crippen MR) is 106 cm³/mol. The number of piperidine rings is 1. The van der Waals surface area contributed by atoms with Crippen LogP contribution in [0.5, 0.6) is 0 Å². The normalized spacial score (nSPS) is 14.4. The number of pyridine rings is 1. The summed E-state index contributed by atoms with van der Waals surface area (Å²) in [5, 5.41) is 4.46. The summed E-state index contributed by atoms with van der Waals surface area (Å²) in [4.78, 5) is 16.8. The first-order valence-corrected chi connectivity index (χ1v) is 8.91. The largest absolute Gasteiger partial charge is 0.366 e. The van der Waals surface area contributed by atoms with Crippen molar-refractivity contribution in [3.8, 4) is 11.3 Å². The number of amides is 1. The third-order valence-corrected chi connectivity index (χ3v) is 4.84. The molecular weight excluding hydrogens is 322 g/mol. The van der Waals surface area contributed by atoms with E-state index in [1.54, 1.807) is 6.07 Å². The molecule has 0 bridgehead atoms. The van der Waals surface area contributed by atoms with Crippen molar-refractivity contribution in [1.29, 1.82) is 0 Å². The lowest BCUT2D eigenvalue weighted by Gasteiger charge is -2.17. The van der Waals surface area contributed by atoms with Crippen LogP contribution in [0.3, 0.4) is 0 Å². The van der Waals surface area contributed by atoms with E-state index < -0.39 is 5.91 Å². The van der Waals surface area contributed by atoms with E-state index in [2.05, 4.69) is 17.5 Å². The molecule has 1 aliphatic rings. The van der Waals surface area contributed by atoms with Crippen molar-refractivity contribution < 1.29 is 4.79 Å². The van der Waals surface area contributed by atoms with Crippen molar-refractivity contribution in [1.82, 2.24) is 10.3 Å². The average Bonchev–Trinajstić information content (AvgIpc) is 2.68. The number of primary amides is 1. The second kappa shape index (κ2) is 7.10. The van der Waals surface area contributed by atoms with Gasteiger partial charge in [-0.1, -0.05) is 48.0 Å². The van der Waals surface area contributed by atoms with Gasteiger partial charge in [0.05, 0.1) is 11.2 Å². The number of carbonyl (C=O) groups excluding carboxylic acids is 1. The monoisotopic (exact) mass is 343 g/mol. The van der Waals surface area contributed by atoms with Crippen molar-refractivity contribution in [2.75, 3.05) is 13.1 Å². The number of hydrogen-bond donors (Lipinski definition) is 2. The van der Waals surface area contributed by atoms with E-state index in [0.29, 0.717) is 5.56 Å². The highest BCUT2D eigenvalue weighted by Gasteiger charge is 2.15. The Hall–Kier alpha value is -2.98. The molecule has 130 valence electrons. The number of aromatic nitrogens is 1. The molecule has 1 aliphatic heterocycles. The molecule has 3 N–H and O–H groups in total. The highest BCUT2D eigenvalue weighted by molar-refractivity contribution is 5.99. The van der Waals surface area contributed by atoms with E-state index in [1.807, 2.05) is 42.5 Å². The molecule has 1 aromatic heterocycles. The molecule has 26 heavy (non-hydrogen) atoms. The van der Waals surface area contributed by atoms with Crippen LogP contribution in [-0.2, 0) is 0 Å². The van der Waals surface area contributed by atoms with Gasteiger partial charge >= 0.3 is 0 Å². The summed E-state index contributed by atoms with van der Waals surface area (Å²) in [6.45, 7) is 1.93. The van der Waals surface area contributed by atoms with Gasteiger partial charge in [-0.05, 0) is 49.7 Å². The van der Waals surface area contributed by atoms with Crippen molar-refractivity contribution in [2.45, 2.75) is 12.8 Å². The number of nitrogens with zero attached hydrogens (tertiary/aromatic N) is 1. The summed E-state index contributed by atoms with van der Waals surface area (Å²) in [5.74, 6) is -0.409. The Bertz CT molecular complexity index is 999. The Morgan fingerprint density at radius 3 is 2.62 bits per heavy atom. The number of nitrogens with two attached hydrogens (primary N) is 1. The maximum atomic E-state index is 12.0. The maximum Gasteiger partial charge on any atom is 0.249 e. The van der Waals surface area contributed by atoms with Crippen LogP contribution in [-0.4, -0.2) is 24.0 Å². The van der Waals surface area contributed by atoms with E-state index >= 15 is 0 Å². The average molecular weight is 343 g/mol. The van der Waals surface area contributed by atoms with Gasteiger partial charge < -0.3 is 11.1 Å². The van der Waals surface area contributed by atoms with Crippen LogP contribution in [0.1, 0.15) is 28.8 Å². The Kier molecular flexibility index (Phi) is 4.50. The number of hydrogen-bond acceptors (Lipinski definition) is 3. The van der Waals surface area contributed by atoms with Gasteiger partial charge in [0.2, 0.25) is 5.91 Å². The molecule has 0 spiro atoms. The fraction of sp³-hybridized carbons (Fsp3) is 0.182. The van der Waals surface area contributed by atoms with Crippen LogP contribution in [0.2, 0.25) is 0 Å². The van der Waals surface area contributed by atoms with Crippen LogP contribution in [0, 0.1) is 0 Å². The zero-order chi connectivity index (χ0) is 17.9. The van der Waals surface area contributed by atoms with Gasteiger partial charge in [0.1, 0.15) is 0 Å². The fourth-order valence-electron chi connectivity index (χ4n) is 3.47.